The zero-order chi connectivity index (χ0) is 19.5. The maximum Gasteiger partial charge on any atom is 0.326 e. The number of benzene rings is 1. The Morgan fingerprint density at radius 2 is 1.92 bits per heavy atom. The summed E-state index contributed by atoms with van der Waals surface area (Å²) in [6.07, 6.45) is 1.84. The maximum atomic E-state index is 12.7. The van der Waals surface area contributed by atoms with E-state index < -0.39 is 22.0 Å². The number of nitrogens with zero attached hydrogens (tertiary/aromatic N) is 1. The van der Waals surface area contributed by atoms with Crippen LogP contribution in [0.15, 0.2) is 29.2 Å². The number of rotatable bonds is 6. The average Bonchev–Trinajstić information content (AvgIpc) is 2.60. The van der Waals surface area contributed by atoms with Crippen LogP contribution in [0.5, 0.6) is 0 Å². The predicted octanol–water partition coefficient (Wildman–Crippen LogP) is 2.09. The van der Waals surface area contributed by atoms with Crippen LogP contribution in [0.4, 0.5) is 0 Å². The summed E-state index contributed by atoms with van der Waals surface area (Å²) >= 11 is 0. The number of aliphatic carboxylic acids is 1. The molecule has 1 aromatic rings. The third-order valence-corrected chi connectivity index (χ3v) is 6.40. The predicted molar refractivity (Wildman–Crippen MR) is 97.4 cm³/mol. The van der Waals surface area contributed by atoms with Gasteiger partial charge in [0.1, 0.15) is 6.04 Å². The minimum absolute atomic E-state index is 0.0800. The van der Waals surface area contributed by atoms with Gasteiger partial charge in [-0.3, -0.25) is 4.79 Å². The van der Waals surface area contributed by atoms with Crippen molar-refractivity contribution in [2.45, 2.75) is 57.0 Å². The van der Waals surface area contributed by atoms with Gasteiger partial charge in [0.05, 0.1) is 4.90 Å². The second-order valence-corrected chi connectivity index (χ2v) is 8.65. The summed E-state index contributed by atoms with van der Waals surface area (Å²) in [5.41, 5.74) is 0.285. The monoisotopic (exact) mass is 382 g/mol. The first-order valence-corrected chi connectivity index (χ1v) is 10.3. The van der Waals surface area contributed by atoms with Crippen molar-refractivity contribution in [1.29, 1.82) is 0 Å². The quantitative estimate of drug-likeness (QED) is 0.784. The highest BCUT2D eigenvalue weighted by atomic mass is 32.2. The Balaban J connectivity index is 2.19. The highest BCUT2D eigenvalue weighted by molar-refractivity contribution is 7.89. The zero-order valence-electron chi connectivity index (χ0n) is 15.3. The molecule has 0 radical (unpaired) electrons. The van der Waals surface area contributed by atoms with Gasteiger partial charge in [-0.1, -0.05) is 13.8 Å². The molecule has 3 atom stereocenters. The lowest BCUT2D eigenvalue weighted by Crippen LogP contribution is -2.49. The number of hydrogen-bond acceptors (Lipinski definition) is 4. The fourth-order valence-electron chi connectivity index (χ4n) is 2.98. The third-order valence-electron chi connectivity index (χ3n) is 4.79. The third kappa shape index (κ3) is 4.62. The number of carboxylic acids is 1. The van der Waals surface area contributed by atoms with Gasteiger partial charge >= 0.3 is 5.97 Å². The number of hydrogen-bond donors (Lipinski definition) is 2. The topological polar surface area (TPSA) is 104 Å². The molecule has 26 heavy (non-hydrogen) atoms. The second kappa shape index (κ2) is 8.18. The Morgan fingerprint density at radius 1 is 1.31 bits per heavy atom. The van der Waals surface area contributed by atoms with E-state index in [0.29, 0.717) is 19.4 Å². The first kappa shape index (κ1) is 20.4. The van der Waals surface area contributed by atoms with Crippen LogP contribution in [0.25, 0.3) is 0 Å². The van der Waals surface area contributed by atoms with Crippen molar-refractivity contribution in [1.82, 2.24) is 9.62 Å². The Bertz CT molecular complexity index is 760. The van der Waals surface area contributed by atoms with E-state index in [1.807, 2.05) is 13.8 Å². The van der Waals surface area contributed by atoms with Gasteiger partial charge in [-0.2, -0.15) is 0 Å². The van der Waals surface area contributed by atoms with Crippen LogP contribution in [0.3, 0.4) is 0 Å². The Hall–Kier alpha value is -1.93. The molecule has 2 N–H and O–H groups in total. The van der Waals surface area contributed by atoms with Crippen molar-refractivity contribution in [2.75, 3.05) is 6.54 Å². The molecule has 0 saturated carbocycles. The lowest BCUT2D eigenvalue weighted by Gasteiger charge is -2.36. The molecule has 1 amide bonds. The fraction of sp³-hybridized carbons (Fsp3) is 0.556. The van der Waals surface area contributed by atoms with E-state index in [1.165, 1.54) is 29.2 Å². The number of nitrogens with one attached hydrogen (secondary N) is 1. The smallest absolute Gasteiger partial charge is 0.326 e. The minimum atomic E-state index is -3.64. The molecular formula is C18H26N2O5S. The summed E-state index contributed by atoms with van der Waals surface area (Å²) in [5.74, 6) is -1.15. The summed E-state index contributed by atoms with van der Waals surface area (Å²) < 4.78 is 27.1. The fourth-order valence-corrected chi connectivity index (χ4v) is 4.30. The van der Waals surface area contributed by atoms with E-state index in [1.54, 1.807) is 6.92 Å². The van der Waals surface area contributed by atoms with Crippen molar-refractivity contribution in [3.05, 3.63) is 29.8 Å². The van der Waals surface area contributed by atoms with Crippen LogP contribution >= 0.6 is 0 Å². The SMILES string of the molecule is CCC(C)NS(=O)(=O)c1ccc(C(=O)N2CCC(C)CC2C(=O)O)cc1. The van der Waals surface area contributed by atoms with E-state index in [9.17, 15) is 23.1 Å². The second-order valence-electron chi connectivity index (χ2n) is 6.94. The lowest BCUT2D eigenvalue weighted by molar-refractivity contribution is -0.144. The molecule has 1 saturated heterocycles. The Labute approximate surface area is 154 Å². The number of likely N-dealkylation sites (tertiary alicyclic amines) is 1. The molecule has 1 aliphatic heterocycles. The molecular weight excluding hydrogens is 356 g/mol. The van der Waals surface area contributed by atoms with E-state index >= 15 is 0 Å². The van der Waals surface area contributed by atoms with Gasteiger partial charge in [-0.05, 0) is 56.4 Å². The summed E-state index contributed by atoms with van der Waals surface area (Å²) in [5, 5.41) is 9.40. The highest BCUT2D eigenvalue weighted by Crippen LogP contribution is 2.25. The van der Waals surface area contributed by atoms with Crippen molar-refractivity contribution in [2.24, 2.45) is 5.92 Å². The lowest BCUT2D eigenvalue weighted by atomic mass is 9.92. The summed E-state index contributed by atoms with van der Waals surface area (Å²) in [6, 6.07) is 4.59. The number of carboxylic acid groups (broad SMARTS) is 1. The molecule has 0 aliphatic carbocycles. The molecule has 1 heterocycles. The van der Waals surface area contributed by atoms with Gasteiger partial charge in [-0.15, -0.1) is 0 Å². The first-order valence-electron chi connectivity index (χ1n) is 8.81. The van der Waals surface area contributed by atoms with Gasteiger partial charge in [0, 0.05) is 18.2 Å². The van der Waals surface area contributed by atoms with Crippen LogP contribution in [0.2, 0.25) is 0 Å². The largest absolute Gasteiger partial charge is 0.480 e. The van der Waals surface area contributed by atoms with Crippen LogP contribution in [0.1, 0.15) is 50.4 Å². The van der Waals surface area contributed by atoms with E-state index in [-0.39, 0.29) is 28.3 Å². The number of amides is 1. The summed E-state index contributed by atoms with van der Waals surface area (Å²) in [4.78, 5) is 25.6. The minimum Gasteiger partial charge on any atom is -0.480 e. The van der Waals surface area contributed by atoms with E-state index in [4.69, 9.17) is 0 Å². The van der Waals surface area contributed by atoms with Gasteiger partial charge in [0.2, 0.25) is 10.0 Å². The number of carbonyl (C=O) groups is 2. The van der Waals surface area contributed by atoms with Crippen LogP contribution in [-0.2, 0) is 14.8 Å². The van der Waals surface area contributed by atoms with Gasteiger partial charge < -0.3 is 10.0 Å². The van der Waals surface area contributed by atoms with Crippen LogP contribution < -0.4 is 4.72 Å². The number of carbonyl (C=O) groups excluding carboxylic acids is 1. The maximum absolute atomic E-state index is 12.7. The van der Waals surface area contributed by atoms with Gasteiger partial charge in [0.25, 0.3) is 5.91 Å². The van der Waals surface area contributed by atoms with Crippen molar-refractivity contribution >= 4 is 21.9 Å². The molecule has 2 rings (SSSR count). The van der Waals surface area contributed by atoms with Crippen molar-refractivity contribution in [3.8, 4) is 0 Å². The molecule has 7 nitrogen and oxygen atoms in total. The number of sulfonamides is 1. The van der Waals surface area contributed by atoms with E-state index in [2.05, 4.69) is 4.72 Å². The van der Waals surface area contributed by atoms with Crippen molar-refractivity contribution < 1.29 is 23.1 Å². The molecule has 1 aliphatic rings. The first-order chi connectivity index (χ1) is 12.2. The molecule has 0 spiro atoms. The number of piperidine rings is 1. The Kier molecular flexibility index (Phi) is 6.41. The molecule has 144 valence electrons. The van der Waals surface area contributed by atoms with Gasteiger partial charge in [0.15, 0.2) is 0 Å². The highest BCUT2D eigenvalue weighted by Gasteiger charge is 2.35. The standard InChI is InChI=1S/C18H26N2O5S/c1-4-13(3)19-26(24,25)15-7-5-14(6-8-15)17(21)20-10-9-12(2)11-16(20)18(22)23/h5-8,12-13,16,19H,4,9-11H2,1-3H3,(H,22,23). The van der Waals surface area contributed by atoms with Crippen LogP contribution in [-0.4, -0.2) is 48.9 Å². The van der Waals surface area contributed by atoms with Crippen molar-refractivity contribution in [3.63, 3.8) is 0 Å². The summed E-state index contributed by atoms with van der Waals surface area (Å²) in [6.45, 7) is 6.01. The molecule has 3 unspecified atom stereocenters. The van der Waals surface area contributed by atoms with Crippen LogP contribution in [0, 0.1) is 5.92 Å². The molecule has 1 aromatic carbocycles. The van der Waals surface area contributed by atoms with E-state index in [0.717, 1.165) is 6.42 Å². The summed E-state index contributed by atoms with van der Waals surface area (Å²) in [7, 11) is -3.64. The molecule has 0 bridgehead atoms. The molecule has 8 heteroatoms. The molecule has 1 fully saturated rings. The normalized spacial score (nSPS) is 22.0. The molecule has 0 aromatic heterocycles. The Morgan fingerprint density at radius 3 is 2.46 bits per heavy atom. The van der Waals surface area contributed by atoms with Gasteiger partial charge in [-0.25, -0.2) is 17.9 Å². The average molecular weight is 382 g/mol. The zero-order valence-corrected chi connectivity index (χ0v) is 16.1.